The van der Waals surface area contributed by atoms with E-state index in [1.165, 1.54) is 28.6 Å². The number of sulfonamides is 1. The van der Waals surface area contributed by atoms with Gasteiger partial charge in [-0.25, -0.2) is 13.2 Å². The van der Waals surface area contributed by atoms with Crippen molar-refractivity contribution in [1.29, 1.82) is 0 Å². The van der Waals surface area contributed by atoms with Crippen LogP contribution in [-0.4, -0.2) is 64.4 Å². The third-order valence-corrected chi connectivity index (χ3v) is 7.19. The van der Waals surface area contributed by atoms with Gasteiger partial charge in [0.2, 0.25) is 15.8 Å². The number of benzene rings is 2. The first kappa shape index (κ1) is 22.7. The molecule has 1 aromatic heterocycles. The van der Waals surface area contributed by atoms with Crippen molar-refractivity contribution in [2.45, 2.75) is 31.2 Å². The molecule has 1 saturated heterocycles. The Morgan fingerprint density at radius 3 is 2.33 bits per heavy atom. The molecular formula is C22H23N5O5S. The number of rotatable bonds is 8. The number of hydrogen-bond donors (Lipinski definition) is 0. The molecule has 10 nitrogen and oxygen atoms in total. The summed E-state index contributed by atoms with van der Waals surface area (Å²) in [5.41, 5.74) is 2.12. The summed E-state index contributed by atoms with van der Waals surface area (Å²) >= 11 is 0. The zero-order valence-electron chi connectivity index (χ0n) is 18.0. The second-order valence-corrected chi connectivity index (χ2v) is 9.67. The van der Waals surface area contributed by atoms with Gasteiger partial charge in [-0.05, 0) is 49.2 Å². The molecule has 1 aliphatic rings. The van der Waals surface area contributed by atoms with Gasteiger partial charge in [-0.3, -0.25) is 4.79 Å². The highest BCUT2D eigenvalue weighted by Gasteiger charge is 2.27. The van der Waals surface area contributed by atoms with Crippen molar-refractivity contribution in [3.63, 3.8) is 0 Å². The van der Waals surface area contributed by atoms with Gasteiger partial charge >= 0.3 is 5.97 Å². The van der Waals surface area contributed by atoms with E-state index in [0.717, 1.165) is 28.8 Å². The van der Waals surface area contributed by atoms with Gasteiger partial charge in [0, 0.05) is 24.2 Å². The second-order valence-electron chi connectivity index (χ2n) is 7.73. The fourth-order valence-electron chi connectivity index (χ4n) is 3.41. The zero-order chi connectivity index (χ0) is 23.4. The lowest BCUT2D eigenvalue weighted by Crippen LogP contribution is -2.27. The molecule has 33 heavy (non-hydrogen) atoms. The number of esters is 1. The van der Waals surface area contributed by atoms with E-state index >= 15 is 0 Å². The molecule has 0 unspecified atom stereocenters. The van der Waals surface area contributed by atoms with Crippen molar-refractivity contribution in [2.75, 3.05) is 19.7 Å². The van der Waals surface area contributed by atoms with Crippen LogP contribution < -0.4 is 0 Å². The lowest BCUT2D eigenvalue weighted by molar-refractivity contribution is -0.143. The molecule has 0 atom stereocenters. The molecule has 2 heterocycles. The zero-order valence-corrected chi connectivity index (χ0v) is 18.9. The van der Waals surface area contributed by atoms with Gasteiger partial charge in [0.1, 0.15) is 0 Å². The van der Waals surface area contributed by atoms with Crippen molar-refractivity contribution >= 4 is 21.8 Å². The van der Waals surface area contributed by atoms with Crippen molar-refractivity contribution in [2.24, 2.45) is 0 Å². The maximum atomic E-state index is 12.6. The standard InChI is InChI=1S/C22H23N5O5S/c1-16-4-6-18(7-5-16)22-23-25-27(24-22)14-21(29)32-15-20(28)17-8-10-19(11-9-17)33(30,31)26-12-2-3-13-26/h4-11H,2-3,12-15H2,1H3. The largest absolute Gasteiger partial charge is 0.456 e. The molecule has 1 aliphatic heterocycles. The smallest absolute Gasteiger partial charge is 0.330 e. The Morgan fingerprint density at radius 2 is 1.67 bits per heavy atom. The van der Waals surface area contributed by atoms with E-state index in [-0.39, 0.29) is 17.0 Å². The highest BCUT2D eigenvalue weighted by Crippen LogP contribution is 2.21. The summed E-state index contributed by atoms with van der Waals surface area (Å²) in [6.07, 6.45) is 1.69. The van der Waals surface area contributed by atoms with Gasteiger partial charge in [0.15, 0.2) is 18.9 Å². The average Bonchev–Trinajstić information content (AvgIpc) is 3.51. The maximum Gasteiger partial charge on any atom is 0.330 e. The maximum absolute atomic E-state index is 12.6. The van der Waals surface area contributed by atoms with Gasteiger partial charge < -0.3 is 4.74 Å². The Kier molecular flexibility index (Phi) is 6.61. The molecule has 1 fully saturated rings. The van der Waals surface area contributed by atoms with E-state index in [0.29, 0.717) is 18.9 Å². The van der Waals surface area contributed by atoms with Crippen molar-refractivity contribution in [3.8, 4) is 11.4 Å². The van der Waals surface area contributed by atoms with Crippen LogP contribution in [0.3, 0.4) is 0 Å². The van der Waals surface area contributed by atoms with E-state index in [2.05, 4.69) is 15.4 Å². The lowest BCUT2D eigenvalue weighted by atomic mass is 10.1. The summed E-state index contributed by atoms with van der Waals surface area (Å²) in [5, 5.41) is 11.9. The number of carbonyl (C=O) groups excluding carboxylic acids is 2. The van der Waals surface area contributed by atoms with Crippen LogP contribution >= 0.6 is 0 Å². The lowest BCUT2D eigenvalue weighted by Gasteiger charge is -2.15. The number of tetrazole rings is 1. The van der Waals surface area contributed by atoms with Crippen LogP contribution in [-0.2, 0) is 26.1 Å². The number of aromatic nitrogens is 4. The Labute approximate surface area is 191 Å². The van der Waals surface area contributed by atoms with E-state index in [4.69, 9.17) is 4.74 Å². The Balaban J connectivity index is 1.30. The molecule has 0 bridgehead atoms. The molecule has 4 rings (SSSR count). The average molecular weight is 470 g/mol. The molecule has 0 radical (unpaired) electrons. The number of ether oxygens (including phenoxy) is 1. The topological polar surface area (TPSA) is 124 Å². The highest BCUT2D eigenvalue weighted by atomic mass is 32.2. The summed E-state index contributed by atoms with van der Waals surface area (Å²) in [6.45, 7) is 2.21. The molecular weight excluding hydrogens is 446 g/mol. The Morgan fingerprint density at radius 1 is 1.00 bits per heavy atom. The van der Waals surface area contributed by atoms with Crippen LogP contribution in [0.25, 0.3) is 11.4 Å². The third-order valence-electron chi connectivity index (χ3n) is 5.28. The summed E-state index contributed by atoms with van der Waals surface area (Å²) < 4.78 is 31.6. The van der Waals surface area contributed by atoms with Gasteiger partial charge in [-0.15, -0.1) is 10.2 Å². The summed E-state index contributed by atoms with van der Waals surface area (Å²) in [4.78, 5) is 25.7. The van der Waals surface area contributed by atoms with Crippen molar-refractivity contribution < 1.29 is 22.7 Å². The van der Waals surface area contributed by atoms with Gasteiger partial charge in [0.05, 0.1) is 4.90 Å². The van der Waals surface area contributed by atoms with Crippen LogP contribution in [0.2, 0.25) is 0 Å². The normalized spacial score (nSPS) is 14.3. The van der Waals surface area contributed by atoms with Crippen LogP contribution in [0.4, 0.5) is 0 Å². The number of Topliss-reactive ketones (excluding diaryl/α,β-unsaturated/α-hetero) is 1. The van der Waals surface area contributed by atoms with Crippen LogP contribution in [0, 0.1) is 6.92 Å². The Bertz CT molecular complexity index is 1250. The minimum absolute atomic E-state index is 0.139. The molecule has 0 N–H and O–H groups in total. The summed E-state index contributed by atoms with van der Waals surface area (Å²) in [5.74, 6) is -0.757. The highest BCUT2D eigenvalue weighted by molar-refractivity contribution is 7.89. The first-order valence-corrected chi connectivity index (χ1v) is 11.9. The monoisotopic (exact) mass is 469 g/mol. The molecule has 2 aromatic carbocycles. The van der Waals surface area contributed by atoms with Gasteiger partial charge in [-0.2, -0.15) is 9.10 Å². The van der Waals surface area contributed by atoms with E-state index in [1.807, 2.05) is 31.2 Å². The van der Waals surface area contributed by atoms with E-state index in [9.17, 15) is 18.0 Å². The van der Waals surface area contributed by atoms with E-state index < -0.39 is 28.4 Å². The van der Waals surface area contributed by atoms with Gasteiger partial charge in [0.25, 0.3) is 0 Å². The minimum atomic E-state index is -3.55. The minimum Gasteiger partial charge on any atom is -0.456 e. The number of ketones is 1. The first-order valence-electron chi connectivity index (χ1n) is 10.5. The van der Waals surface area contributed by atoms with Crippen LogP contribution in [0.5, 0.6) is 0 Å². The predicted molar refractivity (Wildman–Crippen MR) is 118 cm³/mol. The summed E-state index contributed by atoms with van der Waals surface area (Å²) in [6, 6.07) is 13.2. The Hall–Kier alpha value is -3.44. The third kappa shape index (κ3) is 5.32. The fraction of sp³-hybridized carbons (Fsp3) is 0.318. The molecule has 11 heteroatoms. The number of aryl methyl sites for hydroxylation is 1. The van der Waals surface area contributed by atoms with Gasteiger partial charge in [-0.1, -0.05) is 29.8 Å². The van der Waals surface area contributed by atoms with Crippen LogP contribution in [0.1, 0.15) is 28.8 Å². The number of carbonyl (C=O) groups is 2. The van der Waals surface area contributed by atoms with Crippen molar-refractivity contribution in [3.05, 3.63) is 59.7 Å². The summed E-state index contributed by atoms with van der Waals surface area (Å²) in [7, 11) is -3.55. The predicted octanol–water partition coefficient (Wildman–Crippen LogP) is 1.86. The second kappa shape index (κ2) is 9.59. The molecule has 172 valence electrons. The quantitative estimate of drug-likeness (QED) is 0.362. The molecule has 0 spiro atoms. The van der Waals surface area contributed by atoms with Crippen molar-refractivity contribution in [1.82, 2.24) is 24.5 Å². The molecule has 3 aromatic rings. The first-order chi connectivity index (χ1) is 15.8. The number of hydrogen-bond acceptors (Lipinski definition) is 8. The number of nitrogens with zero attached hydrogens (tertiary/aromatic N) is 5. The molecule has 0 aliphatic carbocycles. The van der Waals surface area contributed by atoms with E-state index in [1.54, 1.807) is 0 Å². The SMILES string of the molecule is Cc1ccc(-c2nnn(CC(=O)OCC(=O)c3ccc(S(=O)(=O)N4CCCC4)cc3)n2)cc1. The van der Waals surface area contributed by atoms with Crippen LogP contribution in [0.15, 0.2) is 53.4 Å². The molecule has 0 saturated carbocycles. The molecule has 0 amide bonds. The fourth-order valence-corrected chi connectivity index (χ4v) is 4.93.